The number of pyridine rings is 1. The zero-order chi connectivity index (χ0) is 15.7. The van der Waals surface area contributed by atoms with Crippen molar-refractivity contribution in [2.45, 2.75) is 12.5 Å². The first-order valence-electron chi connectivity index (χ1n) is 6.69. The van der Waals surface area contributed by atoms with Crippen molar-refractivity contribution in [2.75, 3.05) is 11.9 Å². The standard InChI is InChI=1S/C15H13ClFN3O2/c16-11-5-8(14(18)21)7-19-15(11)20-12-3-4-22-13-2-1-9(17)6-10(12)13/h1-2,5-7,12H,3-4H2,(H2,18,21)(H,19,20). The normalized spacial score (nSPS) is 16.5. The van der Waals surface area contributed by atoms with E-state index >= 15 is 0 Å². The summed E-state index contributed by atoms with van der Waals surface area (Å²) in [4.78, 5) is 15.2. The summed E-state index contributed by atoms with van der Waals surface area (Å²) in [6.45, 7) is 0.507. The third kappa shape index (κ3) is 2.82. The van der Waals surface area contributed by atoms with Crippen molar-refractivity contribution in [1.29, 1.82) is 0 Å². The van der Waals surface area contributed by atoms with Gasteiger partial charge in [-0.15, -0.1) is 0 Å². The van der Waals surface area contributed by atoms with Crippen molar-refractivity contribution in [3.05, 3.63) is 52.4 Å². The number of hydrogen-bond donors (Lipinski definition) is 2. The van der Waals surface area contributed by atoms with Crippen molar-refractivity contribution in [2.24, 2.45) is 5.73 Å². The maximum Gasteiger partial charge on any atom is 0.250 e. The van der Waals surface area contributed by atoms with Crippen molar-refractivity contribution < 1.29 is 13.9 Å². The number of hydrogen-bond acceptors (Lipinski definition) is 4. The molecular weight excluding hydrogens is 309 g/mol. The third-order valence-electron chi connectivity index (χ3n) is 3.45. The zero-order valence-electron chi connectivity index (χ0n) is 11.5. The van der Waals surface area contributed by atoms with Gasteiger partial charge < -0.3 is 15.8 Å². The molecule has 0 saturated carbocycles. The molecule has 7 heteroatoms. The molecule has 0 radical (unpaired) electrons. The van der Waals surface area contributed by atoms with Crippen LogP contribution in [0.4, 0.5) is 10.2 Å². The number of benzene rings is 1. The highest BCUT2D eigenvalue weighted by molar-refractivity contribution is 6.33. The second-order valence-corrected chi connectivity index (χ2v) is 5.34. The van der Waals surface area contributed by atoms with Gasteiger partial charge in [0, 0.05) is 18.2 Å². The fraction of sp³-hybridized carbons (Fsp3) is 0.200. The molecule has 0 spiro atoms. The fourth-order valence-corrected chi connectivity index (χ4v) is 2.58. The van der Waals surface area contributed by atoms with Crippen LogP contribution in [-0.4, -0.2) is 17.5 Å². The van der Waals surface area contributed by atoms with Crippen LogP contribution < -0.4 is 15.8 Å². The molecule has 1 aromatic heterocycles. The first-order chi connectivity index (χ1) is 10.5. The molecule has 22 heavy (non-hydrogen) atoms. The molecule has 5 nitrogen and oxygen atoms in total. The predicted molar refractivity (Wildman–Crippen MR) is 80.6 cm³/mol. The number of amides is 1. The lowest BCUT2D eigenvalue weighted by Crippen LogP contribution is -2.21. The largest absolute Gasteiger partial charge is 0.493 e. The molecule has 1 aliphatic heterocycles. The Morgan fingerprint density at radius 1 is 1.45 bits per heavy atom. The molecule has 3 N–H and O–H groups in total. The number of carbonyl (C=O) groups excluding carboxylic acids is 1. The molecule has 1 aliphatic rings. The summed E-state index contributed by atoms with van der Waals surface area (Å²) >= 11 is 6.11. The van der Waals surface area contributed by atoms with Crippen LogP contribution in [-0.2, 0) is 0 Å². The highest BCUT2D eigenvalue weighted by atomic mass is 35.5. The summed E-state index contributed by atoms with van der Waals surface area (Å²) in [5.41, 5.74) is 6.12. The molecule has 1 amide bonds. The minimum atomic E-state index is -0.598. The van der Waals surface area contributed by atoms with Crippen molar-refractivity contribution in [1.82, 2.24) is 4.98 Å². The lowest BCUT2D eigenvalue weighted by molar-refractivity contribution is 0.1000. The Balaban J connectivity index is 1.89. The quantitative estimate of drug-likeness (QED) is 0.911. The Hall–Kier alpha value is -2.34. The second-order valence-electron chi connectivity index (χ2n) is 4.93. The van der Waals surface area contributed by atoms with Gasteiger partial charge >= 0.3 is 0 Å². The number of aromatic nitrogens is 1. The van der Waals surface area contributed by atoms with Crippen LogP contribution in [0.25, 0.3) is 0 Å². The maximum atomic E-state index is 13.5. The van der Waals surface area contributed by atoms with E-state index in [9.17, 15) is 9.18 Å². The van der Waals surface area contributed by atoms with Crippen LogP contribution in [0.2, 0.25) is 5.02 Å². The lowest BCUT2D eigenvalue weighted by atomic mass is 10.0. The molecule has 3 rings (SSSR count). The van der Waals surface area contributed by atoms with Crippen molar-refractivity contribution >= 4 is 23.3 Å². The van der Waals surface area contributed by atoms with E-state index in [0.717, 1.165) is 0 Å². The molecule has 1 atom stereocenters. The Labute approximate surface area is 131 Å². The zero-order valence-corrected chi connectivity index (χ0v) is 12.2. The van der Waals surface area contributed by atoms with Gasteiger partial charge in [-0.25, -0.2) is 9.37 Å². The highest BCUT2D eigenvalue weighted by Gasteiger charge is 2.23. The summed E-state index contributed by atoms with van der Waals surface area (Å²) < 4.78 is 19.0. The maximum absolute atomic E-state index is 13.5. The molecule has 114 valence electrons. The average molecular weight is 322 g/mol. The number of anilines is 1. The molecule has 2 aromatic rings. The number of nitrogens with two attached hydrogens (primary N) is 1. The van der Waals surface area contributed by atoms with Gasteiger partial charge in [-0.1, -0.05) is 11.6 Å². The Bertz CT molecular complexity index is 739. The molecule has 0 bridgehead atoms. The summed E-state index contributed by atoms with van der Waals surface area (Å²) in [6.07, 6.45) is 1.99. The van der Waals surface area contributed by atoms with Gasteiger partial charge in [-0.3, -0.25) is 4.79 Å². The van der Waals surface area contributed by atoms with E-state index < -0.39 is 5.91 Å². The fourth-order valence-electron chi connectivity index (χ4n) is 2.36. The SMILES string of the molecule is NC(=O)c1cnc(NC2CCOc3ccc(F)cc32)c(Cl)c1. The number of nitrogens with zero attached hydrogens (tertiary/aromatic N) is 1. The summed E-state index contributed by atoms with van der Waals surface area (Å²) in [5, 5.41) is 3.44. The third-order valence-corrected chi connectivity index (χ3v) is 3.74. The molecule has 0 saturated heterocycles. The molecule has 0 fully saturated rings. The molecule has 1 aromatic carbocycles. The first-order valence-corrected chi connectivity index (χ1v) is 7.06. The lowest BCUT2D eigenvalue weighted by Gasteiger charge is -2.27. The molecule has 0 aliphatic carbocycles. The monoisotopic (exact) mass is 321 g/mol. The van der Waals surface area contributed by atoms with Crippen LogP contribution in [0.3, 0.4) is 0 Å². The Morgan fingerprint density at radius 3 is 3.00 bits per heavy atom. The second kappa shape index (κ2) is 5.81. The Morgan fingerprint density at radius 2 is 2.27 bits per heavy atom. The molecular formula is C15H13ClFN3O2. The topological polar surface area (TPSA) is 77.2 Å². The first kappa shape index (κ1) is 14.6. The highest BCUT2D eigenvalue weighted by Crippen LogP contribution is 2.35. The minimum absolute atomic E-state index is 0.177. The van der Waals surface area contributed by atoms with E-state index in [1.54, 1.807) is 6.07 Å². The molecule has 1 unspecified atom stereocenters. The summed E-state index contributed by atoms with van der Waals surface area (Å²) in [7, 11) is 0. The van der Waals surface area contributed by atoms with Crippen molar-refractivity contribution in [3.63, 3.8) is 0 Å². The van der Waals surface area contributed by atoms with Gasteiger partial charge in [0.1, 0.15) is 17.4 Å². The van der Waals surface area contributed by atoms with Crippen LogP contribution in [0.15, 0.2) is 30.5 Å². The van der Waals surface area contributed by atoms with Crippen LogP contribution in [0, 0.1) is 5.82 Å². The number of halogens is 2. The van der Waals surface area contributed by atoms with Gasteiger partial charge in [-0.2, -0.15) is 0 Å². The van der Waals surface area contributed by atoms with Crippen LogP contribution >= 0.6 is 11.6 Å². The summed E-state index contributed by atoms with van der Waals surface area (Å²) in [5.74, 6) is 0.113. The van der Waals surface area contributed by atoms with Crippen LogP contribution in [0.5, 0.6) is 5.75 Å². The number of ether oxygens (including phenoxy) is 1. The number of rotatable bonds is 3. The van der Waals surface area contributed by atoms with Crippen molar-refractivity contribution in [3.8, 4) is 5.75 Å². The van der Waals surface area contributed by atoms with Gasteiger partial charge in [0.15, 0.2) is 0 Å². The minimum Gasteiger partial charge on any atom is -0.493 e. The number of fused-ring (bicyclic) bond motifs is 1. The van der Waals surface area contributed by atoms with Gasteiger partial charge in [-0.05, 0) is 24.3 Å². The molecule has 2 heterocycles. The van der Waals surface area contributed by atoms with E-state index in [4.69, 9.17) is 22.1 Å². The smallest absolute Gasteiger partial charge is 0.250 e. The van der Waals surface area contributed by atoms with Gasteiger partial charge in [0.25, 0.3) is 0 Å². The van der Waals surface area contributed by atoms with Gasteiger partial charge in [0.2, 0.25) is 5.91 Å². The number of carbonyl (C=O) groups is 1. The van der Waals surface area contributed by atoms with E-state index in [0.29, 0.717) is 30.2 Å². The predicted octanol–water partition coefficient (Wildman–Crippen LogP) is 2.91. The average Bonchev–Trinajstić information content (AvgIpc) is 2.49. The van der Waals surface area contributed by atoms with E-state index in [1.165, 1.54) is 24.4 Å². The summed E-state index contributed by atoms with van der Waals surface area (Å²) in [6, 6.07) is 5.66. The van der Waals surface area contributed by atoms with E-state index in [-0.39, 0.29) is 22.4 Å². The van der Waals surface area contributed by atoms with E-state index in [1.807, 2.05) is 0 Å². The number of nitrogens with one attached hydrogen (secondary N) is 1. The Kier molecular flexibility index (Phi) is 3.85. The van der Waals surface area contributed by atoms with E-state index in [2.05, 4.69) is 10.3 Å². The van der Waals surface area contributed by atoms with Gasteiger partial charge in [0.05, 0.1) is 23.2 Å². The number of primary amides is 1. The van der Waals surface area contributed by atoms with Crippen LogP contribution in [0.1, 0.15) is 28.4 Å².